The Morgan fingerprint density at radius 3 is 2.34 bits per heavy atom. The summed E-state index contributed by atoms with van der Waals surface area (Å²) in [6.07, 6.45) is 0. The number of carbonyl (C=O) groups excluding carboxylic acids is 1. The van der Waals surface area contributed by atoms with Gasteiger partial charge in [0, 0.05) is 22.8 Å². The molecule has 146 valence electrons. The number of fused-ring (bicyclic) bond motifs is 1. The molecule has 2 heterocycles. The van der Waals surface area contributed by atoms with Gasteiger partial charge in [0.2, 0.25) is 0 Å². The number of nitrogens with zero attached hydrogens (tertiary/aromatic N) is 2. The number of hydrogen-bond donors (Lipinski definition) is 0. The zero-order chi connectivity index (χ0) is 20.0. The predicted octanol–water partition coefficient (Wildman–Crippen LogP) is 4.80. The Hall–Kier alpha value is -2.82. The van der Waals surface area contributed by atoms with Gasteiger partial charge in [0.05, 0.1) is 19.8 Å². The molecule has 0 amide bonds. The topological polar surface area (TPSA) is 32.5 Å². The summed E-state index contributed by atoms with van der Waals surface area (Å²) in [7, 11) is 1.63. The van der Waals surface area contributed by atoms with Gasteiger partial charge in [0.1, 0.15) is 11.3 Å². The highest BCUT2D eigenvalue weighted by molar-refractivity contribution is 6.30. The molecule has 1 unspecified atom stereocenters. The van der Waals surface area contributed by atoms with E-state index in [1.54, 1.807) is 7.11 Å². The Kier molecular flexibility index (Phi) is 4.34. The Labute approximate surface area is 175 Å². The number of Topliss-reactive ketones (excluding diaryl/α,β-unsaturated/α-hetero) is 1. The Bertz CT molecular complexity index is 1040. The van der Waals surface area contributed by atoms with Crippen molar-refractivity contribution in [3.05, 3.63) is 95.0 Å². The summed E-state index contributed by atoms with van der Waals surface area (Å²) in [5.74, 6) is 0.900. The number of para-hydroxylation sites is 1. The molecule has 0 bridgehead atoms. The van der Waals surface area contributed by atoms with Gasteiger partial charge in [-0.05, 0) is 54.1 Å². The monoisotopic (exact) mass is 404 g/mol. The van der Waals surface area contributed by atoms with E-state index < -0.39 is 5.54 Å². The van der Waals surface area contributed by atoms with E-state index in [9.17, 15) is 4.79 Å². The lowest BCUT2D eigenvalue weighted by molar-refractivity contribution is 0.0933. The van der Waals surface area contributed by atoms with E-state index in [2.05, 4.69) is 21.9 Å². The molecular weight excluding hydrogens is 384 g/mol. The zero-order valence-corrected chi connectivity index (χ0v) is 16.8. The van der Waals surface area contributed by atoms with Gasteiger partial charge in [0.25, 0.3) is 0 Å². The summed E-state index contributed by atoms with van der Waals surface area (Å²) in [6, 6.07) is 25.6. The maximum atomic E-state index is 13.7. The van der Waals surface area contributed by atoms with Gasteiger partial charge in [-0.1, -0.05) is 41.9 Å². The SMILES string of the molecule is COc1ccc(C(=O)[C@@]23CN(c4ccccc4)CN2[C@H]3c2ccc(Cl)cc2)cc1. The first-order chi connectivity index (χ1) is 14.1. The van der Waals surface area contributed by atoms with Crippen LogP contribution in [0.4, 0.5) is 5.69 Å². The van der Waals surface area contributed by atoms with Crippen molar-refractivity contribution in [1.82, 2.24) is 4.90 Å². The van der Waals surface area contributed by atoms with Crippen LogP contribution in [0, 0.1) is 0 Å². The maximum Gasteiger partial charge on any atom is 0.186 e. The van der Waals surface area contributed by atoms with Crippen molar-refractivity contribution < 1.29 is 9.53 Å². The van der Waals surface area contributed by atoms with Crippen molar-refractivity contribution >= 4 is 23.1 Å². The van der Waals surface area contributed by atoms with E-state index in [4.69, 9.17) is 16.3 Å². The van der Waals surface area contributed by atoms with Crippen LogP contribution in [0.2, 0.25) is 5.02 Å². The van der Waals surface area contributed by atoms with Crippen molar-refractivity contribution in [2.45, 2.75) is 11.6 Å². The van der Waals surface area contributed by atoms with E-state index in [-0.39, 0.29) is 11.8 Å². The number of anilines is 1. The zero-order valence-electron chi connectivity index (χ0n) is 16.1. The van der Waals surface area contributed by atoms with Crippen LogP contribution in [0.3, 0.4) is 0 Å². The fraction of sp³-hybridized carbons (Fsp3) is 0.208. The quantitative estimate of drug-likeness (QED) is 0.451. The minimum Gasteiger partial charge on any atom is -0.497 e. The third-order valence-corrected chi connectivity index (χ3v) is 6.27. The third kappa shape index (κ3) is 2.91. The number of halogens is 1. The van der Waals surface area contributed by atoms with Gasteiger partial charge in [-0.15, -0.1) is 0 Å². The fourth-order valence-corrected chi connectivity index (χ4v) is 4.66. The summed E-state index contributed by atoms with van der Waals surface area (Å²) in [6.45, 7) is 1.38. The number of ketones is 1. The van der Waals surface area contributed by atoms with Gasteiger partial charge in [0.15, 0.2) is 5.78 Å². The lowest BCUT2D eigenvalue weighted by atomic mass is 9.90. The van der Waals surface area contributed by atoms with Crippen LogP contribution in [0.5, 0.6) is 5.75 Å². The minimum atomic E-state index is -0.557. The summed E-state index contributed by atoms with van der Waals surface area (Å²) < 4.78 is 5.24. The first-order valence-corrected chi connectivity index (χ1v) is 10.0. The van der Waals surface area contributed by atoms with Crippen molar-refractivity contribution in [3.8, 4) is 5.75 Å². The number of rotatable bonds is 5. The first-order valence-electron chi connectivity index (χ1n) is 9.64. The smallest absolute Gasteiger partial charge is 0.186 e. The van der Waals surface area contributed by atoms with Crippen LogP contribution in [0.25, 0.3) is 0 Å². The second-order valence-corrected chi connectivity index (χ2v) is 8.02. The van der Waals surface area contributed by atoms with Gasteiger partial charge < -0.3 is 9.64 Å². The van der Waals surface area contributed by atoms with E-state index in [0.717, 1.165) is 23.7 Å². The average Bonchev–Trinajstić information content (AvgIpc) is 3.23. The normalized spacial score (nSPS) is 24.8. The Balaban J connectivity index is 1.50. The largest absolute Gasteiger partial charge is 0.497 e. The molecule has 0 spiro atoms. The predicted molar refractivity (Wildman–Crippen MR) is 115 cm³/mol. The van der Waals surface area contributed by atoms with Crippen molar-refractivity contribution in [2.24, 2.45) is 0 Å². The second-order valence-electron chi connectivity index (χ2n) is 7.58. The third-order valence-electron chi connectivity index (χ3n) is 6.02. The highest BCUT2D eigenvalue weighted by Crippen LogP contribution is 2.59. The average molecular weight is 405 g/mol. The molecular formula is C24H21ClN2O2. The molecule has 5 heteroatoms. The molecule has 0 saturated carbocycles. The summed E-state index contributed by atoms with van der Waals surface area (Å²) in [5.41, 5.74) is 2.42. The summed E-state index contributed by atoms with van der Waals surface area (Å²) in [5, 5.41) is 0.705. The van der Waals surface area contributed by atoms with Crippen molar-refractivity contribution in [1.29, 1.82) is 0 Å². The highest BCUT2D eigenvalue weighted by Gasteiger charge is 2.72. The molecule has 3 aromatic rings. The number of methoxy groups -OCH3 is 1. The Morgan fingerprint density at radius 1 is 1.00 bits per heavy atom. The molecule has 5 rings (SSSR count). The number of hydrogen-bond acceptors (Lipinski definition) is 4. The molecule has 29 heavy (non-hydrogen) atoms. The molecule has 2 saturated heterocycles. The van der Waals surface area contributed by atoms with E-state index in [0.29, 0.717) is 17.1 Å². The van der Waals surface area contributed by atoms with Crippen LogP contribution in [-0.2, 0) is 0 Å². The molecule has 2 aliphatic rings. The molecule has 0 radical (unpaired) electrons. The number of carbonyl (C=O) groups is 1. The first kappa shape index (κ1) is 18.2. The molecule has 0 N–H and O–H groups in total. The molecule has 3 atom stereocenters. The van der Waals surface area contributed by atoms with Crippen LogP contribution < -0.4 is 9.64 Å². The molecule has 3 aromatic carbocycles. The van der Waals surface area contributed by atoms with Gasteiger partial charge >= 0.3 is 0 Å². The fourth-order valence-electron chi connectivity index (χ4n) is 4.53. The Morgan fingerprint density at radius 2 is 1.69 bits per heavy atom. The summed E-state index contributed by atoms with van der Waals surface area (Å²) in [4.78, 5) is 18.3. The lowest BCUT2D eigenvalue weighted by Gasteiger charge is -2.23. The van der Waals surface area contributed by atoms with Crippen LogP contribution in [0.15, 0.2) is 78.9 Å². The molecule has 0 aromatic heterocycles. The van der Waals surface area contributed by atoms with E-state index >= 15 is 0 Å². The van der Waals surface area contributed by atoms with Crippen LogP contribution >= 0.6 is 11.6 Å². The highest BCUT2D eigenvalue weighted by atomic mass is 35.5. The maximum absolute atomic E-state index is 13.7. The van der Waals surface area contributed by atoms with Crippen molar-refractivity contribution in [3.63, 3.8) is 0 Å². The number of ether oxygens (including phenoxy) is 1. The molecule has 4 nitrogen and oxygen atoms in total. The van der Waals surface area contributed by atoms with Crippen LogP contribution in [-0.4, -0.2) is 36.5 Å². The van der Waals surface area contributed by atoms with Crippen molar-refractivity contribution in [2.75, 3.05) is 25.2 Å². The van der Waals surface area contributed by atoms with Gasteiger partial charge in [-0.3, -0.25) is 9.69 Å². The van der Waals surface area contributed by atoms with E-state index in [1.165, 1.54) is 0 Å². The lowest BCUT2D eigenvalue weighted by Crippen LogP contribution is -2.35. The van der Waals surface area contributed by atoms with Gasteiger partial charge in [-0.25, -0.2) is 0 Å². The van der Waals surface area contributed by atoms with E-state index in [1.807, 2.05) is 66.7 Å². The van der Waals surface area contributed by atoms with Crippen LogP contribution in [0.1, 0.15) is 22.0 Å². The standard InChI is InChI=1S/C24H21ClN2O2/c1-29-21-13-9-18(10-14-21)23(28)24-15-26(20-5-3-2-4-6-20)16-27(24)22(24)17-7-11-19(25)12-8-17/h2-14,22H,15-16H2,1H3/t22-,24-,27?/m0/s1. The van der Waals surface area contributed by atoms with Gasteiger partial charge in [-0.2, -0.15) is 0 Å². The minimum absolute atomic E-state index is 0.0642. The number of benzene rings is 3. The molecule has 2 aliphatic heterocycles. The summed E-state index contributed by atoms with van der Waals surface area (Å²) >= 11 is 6.08. The second kappa shape index (κ2) is 6.90. The molecule has 2 fully saturated rings. The molecule has 0 aliphatic carbocycles.